The molecule has 1 saturated carbocycles. The number of hydrogen-bond acceptors (Lipinski definition) is 16. The summed E-state index contributed by atoms with van der Waals surface area (Å²) >= 11 is 0. The average Bonchev–Trinajstić information content (AvgIpc) is 3.03. The molecule has 0 spiro atoms. The molecule has 2 fully saturated rings. The van der Waals surface area contributed by atoms with Crippen molar-refractivity contribution < 1.29 is 74.1 Å². The van der Waals surface area contributed by atoms with Crippen molar-refractivity contribution in [2.75, 3.05) is 20.8 Å². The van der Waals surface area contributed by atoms with Gasteiger partial charge in [-0.2, -0.15) is 0 Å². The second kappa shape index (κ2) is 13.1. The van der Waals surface area contributed by atoms with Crippen LogP contribution in [0.15, 0.2) is 33.5 Å². The smallest absolute Gasteiger partial charge is 0.238 e. The summed E-state index contributed by atoms with van der Waals surface area (Å²) in [7, 11) is 2.51. The van der Waals surface area contributed by atoms with Gasteiger partial charge >= 0.3 is 0 Å². The standard InChI is InChI=1S/C30H36O16/c1-10-4-15(21(35)23(37)20(10)34)44-29-18(9-31)45-30(26(40)25(29)39)46-28-16(41-2)5-11(6-17(28)42-3)27-24(38)22(36)19-13(33)7-12(32)8-14(19)43-27/h5-8,10,15,18,20-21,23,25-26,29-35,37-40H,4,9H2,1-3H3/t10-,15-,18+,20+,21-,23-,25+,26+,29+,30-/m1/s1. The number of phenols is 2. The van der Waals surface area contributed by atoms with Crippen LogP contribution >= 0.6 is 0 Å². The van der Waals surface area contributed by atoms with E-state index in [0.29, 0.717) is 0 Å². The third kappa shape index (κ3) is 5.89. The highest BCUT2D eigenvalue weighted by Crippen LogP contribution is 2.45. The third-order valence-corrected chi connectivity index (χ3v) is 8.31. The molecule has 2 aromatic carbocycles. The lowest BCUT2D eigenvalue weighted by Crippen LogP contribution is -2.63. The fourth-order valence-corrected chi connectivity index (χ4v) is 5.77. The predicted molar refractivity (Wildman–Crippen MR) is 155 cm³/mol. The summed E-state index contributed by atoms with van der Waals surface area (Å²) in [5.74, 6) is -3.02. The second-order valence-corrected chi connectivity index (χ2v) is 11.3. The highest BCUT2D eigenvalue weighted by molar-refractivity contribution is 5.88. The first-order chi connectivity index (χ1) is 21.8. The highest BCUT2D eigenvalue weighted by Gasteiger charge is 2.50. The molecule has 0 bridgehead atoms. The fourth-order valence-electron chi connectivity index (χ4n) is 5.77. The van der Waals surface area contributed by atoms with Crippen molar-refractivity contribution in [2.45, 2.75) is 68.5 Å². The Balaban J connectivity index is 1.44. The number of fused-ring (bicyclic) bond motifs is 1. The average molecular weight is 653 g/mol. The van der Waals surface area contributed by atoms with Gasteiger partial charge in [0.25, 0.3) is 0 Å². The first-order valence-corrected chi connectivity index (χ1v) is 14.3. The van der Waals surface area contributed by atoms with E-state index in [1.165, 1.54) is 26.4 Å². The molecule has 2 heterocycles. The molecule has 46 heavy (non-hydrogen) atoms. The molecule has 9 N–H and O–H groups in total. The lowest BCUT2D eigenvalue weighted by molar-refractivity contribution is -0.303. The molecule has 0 radical (unpaired) electrons. The van der Waals surface area contributed by atoms with E-state index in [1.54, 1.807) is 6.92 Å². The summed E-state index contributed by atoms with van der Waals surface area (Å²) in [6, 6.07) is 4.57. The van der Waals surface area contributed by atoms with Crippen molar-refractivity contribution in [3.63, 3.8) is 0 Å². The molecule has 16 nitrogen and oxygen atoms in total. The summed E-state index contributed by atoms with van der Waals surface area (Å²) in [4.78, 5) is 12.9. The van der Waals surface area contributed by atoms with E-state index in [0.717, 1.165) is 12.1 Å². The van der Waals surface area contributed by atoms with Gasteiger partial charge in [-0.25, -0.2) is 0 Å². The molecule has 5 rings (SSSR count). The Morgan fingerprint density at radius 2 is 1.52 bits per heavy atom. The van der Waals surface area contributed by atoms with Crippen LogP contribution in [0.5, 0.6) is 34.5 Å². The molecule has 3 aromatic rings. The first kappa shape index (κ1) is 33.5. The molecule has 1 saturated heterocycles. The number of methoxy groups -OCH3 is 2. The molecule has 2 aliphatic rings. The number of hydrogen-bond donors (Lipinski definition) is 9. The molecule has 1 aromatic heterocycles. The maximum absolute atomic E-state index is 12.9. The molecule has 0 amide bonds. The number of aromatic hydroxyl groups is 3. The van der Waals surface area contributed by atoms with Gasteiger partial charge in [0.1, 0.15) is 59.1 Å². The Hall–Kier alpha value is -3.87. The highest BCUT2D eigenvalue weighted by atomic mass is 16.7. The lowest BCUT2D eigenvalue weighted by atomic mass is 9.81. The zero-order chi connectivity index (χ0) is 33.6. The minimum Gasteiger partial charge on any atom is -0.508 e. The van der Waals surface area contributed by atoms with Crippen LogP contribution in [0.2, 0.25) is 0 Å². The number of aliphatic hydroxyl groups is 6. The van der Waals surface area contributed by atoms with Gasteiger partial charge in [0.15, 0.2) is 17.3 Å². The van der Waals surface area contributed by atoms with Gasteiger partial charge in [-0.1, -0.05) is 6.92 Å². The Morgan fingerprint density at radius 3 is 2.13 bits per heavy atom. The minimum atomic E-state index is -1.79. The zero-order valence-corrected chi connectivity index (χ0v) is 24.9. The van der Waals surface area contributed by atoms with Gasteiger partial charge in [0.05, 0.1) is 33.0 Å². The van der Waals surface area contributed by atoms with E-state index in [2.05, 4.69) is 0 Å². The van der Waals surface area contributed by atoms with Crippen molar-refractivity contribution in [3.8, 4) is 45.8 Å². The van der Waals surface area contributed by atoms with Crippen molar-refractivity contribution in [3.05, 3.63) is 34.5 Å². The Bertz CT molecular complexity index is 1600. The van der Waals surface area contributed by atoms with Crippen LogP contribution < -0.4 is 19.6 Å². The van der Waals surface area contributed by atoms with Crippen LogP contribution in [0.25, 0.3) is 22.3 Å². The Morgan fingerprint density at radius 1 is 0.870 bits per heavy atom. The summed E-state index contributed by atoms with van der Waals surface area (Å²) < 4.78 is 34.0. The number of aliphatic hydroxyl groups excluding tert-OH is 6. The van der Waals surface area contributed by atoms with Crippen LogP contribution in [0, 0.1) is 5.92 Å². The van der Waals surface area contributed by atoms with E-state index in [4.69, 9.17) is 28.1 Å². The largest absolute Gasteiger partial charge is 0.508 e. The van der Waals surface area contributed by atoms with Crippen LogP contribution in [-0.2, 0) is 9.47 Å². The van der Waals surface area contributed by atoms with Crippen LogP contribution in [-0.4, -0.2) is 122 Å². The SMILES string of the molecule is COc1cc(-c2oc3cc(O)cc(O)c3c(=O)c2O)cc(OC)c1O[C@H]1O[C@@H](CO)[C@H](O[C@@H]2C[C@@H](C)[C@H](O)[C@@H](O)[C@@H]2O)[C@@H](O)[C@@H]1O. The van der Waals surface area contributed by atoms with E-state index >= 15 is 0 Å². The normalized spacial score (nSPS) is 31.5. The van der Waals surface area contributed by atoms with E-state index in [1.807, 2.05) is 0 Å². The fraction of sp³-hybridized carbons (Fsp3) is 0.500. The van der Waals surface area contributed by atoms with E-state index < -0.39 is 90.3 Å². The van der Waals surface area contributed by atoms with Gasteiger partial charge in [0.2, 0.25) is 23.2 Å². The molecule has 1 aliphatic heterocycles. The quantitative estimate of drug-likeness (QED) is 0.146. The number of rotatable bonds is 8. The van der Waals surface area contributed by atoms with Crippen molar-refractivity contribution in [1.29, 1.82) is 0 Å². The molecule has 252 valence electrons. The van der Waals surface area contributed by atoms with Crippen LogP contribution in [0.3, 0.4) is 0 Å². The molecule has 10 atom stereocenters. The van der Waals surface area contributed by atoms with Gasteiger partial charge < -0.3 is 74.1 Å². The Kier molecular flexibility index (Phi) is 9.53. The lowest BCUT2D eigenvalue weighted by Gasteiger charge is -2.46. The van der Waals surface area contributed by atoms with Gasteiger partial charge in [-0.05, 0) is 24.5 Å². The van der Waals surface area contributed by atoms with Gasteiger partial charge in [0, 0.05) is 17.7 Å². The summed E-state index contributed by atoms with van der Waals surface area (Å²) in [5.41, 5.74) is -1.17. The van der Waals surface area contributed by atoms with Crippen molar-refractivity contribution in [1.82, 2.24) is 0 Å². The summed E-state index contributed by atoms with van der Waals surface area (Å²) in [5, 5.41) is 93.0. The second-order valence-electron chi connectivity index (χ2n) is 11.3. The molecule has 0 unspecified atom stereocenters. The zero-order valence-electron chi connectivity index (χ0n) is 24.9. The minimum absolute atomic E-state index is 0.0415. The summed E-state index contributed by atoms with van der Waals surface area (Å²) in [6.07, 6.45) is -13.0. The van der Waals surface area contributed by atoms with Crippen molar-refractivity contribution >= 4 is 11.0 Å². The maximum atomic E-state index is 12.9. The topological polar surface area (TPSA) is 258 Å². The van der Waals surface area contributed by atoms with Crippen LogP contribution in [0.4, 0.5) is 0 Å². The first-order valence-electron chi connectivity index (χ1n) is 14.3. The van der Waals surface area contributed by atoms with E-state index in [-0.39, 0.29) is 46.0 Å². The number of phenolic OH excluding ortho intramolecular Hbond substituents is 2. The maximum Gasteiger partial charge on any atom is 0.238 e. The molecule has 16 heteroatoms. The Labute approximate surface area is 260 Å². The number of ether oxygens (including phenoxy) is 5. The molecular weight excluding hydrogens is 616 g/mol. The van der Waals surface area contributed by atoms with Gasteiger partial charge in [-0.3, -0.25) is 4.79 Å². The number of benzene rings is 2. The molecule has 1 aliphatic carbocycles. The monoisotopic (exact) mass is 652 g/mol. The van der Waals surface area contributed by atoms with Crippen molar-refractivity contribution in [2.24, 2.45) is 5.92 Å². The predicted octanol–water partition coefficient (Wildman–Crippen LogP) is -0.712. The van der Waals surface area contributed by atoms with Crippen LogP contribution in [0.1, 0.15) is 13.3 Å². The molecular formula is C30H36O16. The van der Waals surface area contributed by atoms with E-state index in [9.17, 15) is 50.8 Å². The third-order valence-electron chi connectivity index (χ3n) is 8.31. The summed E-state index contributed by atoms with van der Waals surface area (Å²) in [6.45, 7) is 0.930. The van der Waals surface area contributed by atoms with Gasteiger partial charge in [-0.15, -0.1) is 0 Å².